The van der Waals surface area contributed by atoms with E-state index in [0.717, 1.165) is 25.8 Å². The molecule has 100 valence electrons. The smallest absolute Gasteiger partial charge is 0.274 e. The summed E-state index contributed by atoms with van der Waals surface area (Å²) >= 11 is 0. The second kappa shape index (κ2) is 4.99. The second-order valence-corrected chi connectivity index (χ2v) is 5.01. The molecule has 1 atom stereocenters. The molecule has 1 saturated heterocycles. The van der Waals surface area contributed by atoms with Gasteiger partial charge in [-0.15, -0.1) is 0 Å². The summed E-state index contributed by atoms with van der Waals surface area (Å²) in [5, 5.41) is 0. The fraction of sp³-hybridized carbons (Fsp3) is 0.500. The van der Waals surface area contributed by atoms with Gasteiger partial charge in [0.15, 0.2) is 0 Å². The molecule has 0 aliphatic carbocycles. The summed E-state index contributed by atoms with van der Waals surface area (Å²) < 4.78 is 1.79. The highest BCUT2D eigenvalue weighted by atomic mass is 16.2. The summed E-state index contributed by atoms with van der Waals surface area (Å²) in [5.41, 5.74) is 0.499. The highest BCUT2D eigenvalue weighted by molar-refractivity contribution is 5.93. The predicted octanol–water partition coefficient (Wildman–Crippen LogP) is 2.13. The maximum Gasteiger partial charge on any atom is 0.274 e. The third-order valence-electron chi connectivity index (χ3n) is 3.81. The Morgan fingerprint density at radius 2 is 2.37 bits per heavy atom. The number of amides is 1. The van der Waals surface area contributed by atoms with E-state index in [1.807, 2.05) is 17.2 Å². The minimum atomic E-state index is 0.0389. The summed E-state index contributed by atoms with van der Waals surface area (Å²) in [6, 6.07) is 2.19. The lowest BCUT2D eigenvalue weighted by Crippen LogP contribution is -2.43. The molecular weight excluding hydrogens is 240 g/mol. The van der Waals surface area contributed by atoms with Crippen LogP contribution < -0.4 is 0 Å². The zero-order valence-corrected chi connectivity index (χ0v) is 11.1. The molecule has 3 heterocycles. The molecule has 0 aromatic carbocycles. The number of piperidine rings is 1. The molecule has 1 aliphatic rings. The first-order valence-corrected chi connectivity index (χ1v) is 6.90. The van der Waals surface area contributed by atoms with Gasteiger partial charge in [0.1, 0.15) is 5.69 Å². The lowest BCUT2D eigenvalue weighted by molar-refractivity contribution is 0.0602. The molecule has 2 aromatic heterocycles. The van der Waals surface area contributed by atoms with E-state index in [-0.39, 0.29) is 5.91 Å². The number of likely N-dealkylation sites (tertiary alicyclic amines) is 1. The van der Waals surface area contributed by atoms with Crippen LogP contribution in [0.5, 0.6) is 0 Å². The van der Waals surface area contributed by atoms with Crippen molar-refractivity contribution in [1.29, 1.82) is 0 Å². The Kier molecular flexibility index (Phi) is 3.19. The molecule has 1 fully saturated rings. The highest BCUT2D eigenvalue weighted by Gasteiger charge is 2.27. The SMILES string of the molecule is CC[C@@H]1CCCCN1C(=O)c1cn2cccnc2n1. The number of hydrogen-bond donors (Lipinski definition) is 0. The number of rotatable bonds is 2. The molecule has 0 bridgehead atoms. The fourth-order valence-electron chi connectivity index (χ4n) is 2.77. The standard InChI is InChI=1S/C14H18N4O/c1-2-11-6-3-4-9-18(11)13(19)12-10-17-8-5-7-15-14(17)16-12/h5,7-8,10-11H,2-4,6,9H2,1H3/t11-/m1/s1. The van der Waals surface area contributed by atoms with Crippen LogP contribution in [0.4, 0.5) is 0 Å². The van der Waals surface area contributed by atoms with Crippen LogP contribution in [-0.4, -0.2) is 37.8 Å². The van der Waals surface area contributed by atoms with E-state index in [1.165, 1.54) is 6.42 Å². The number of nitrogens with zero attached hydrogens (tertiary/aromatic N) is 4. The van der Waals surface area contributed by atoms with Crippen LogP contribution in [0, 0.1) is 0 Å². The van der Waals surface area contributed by atoms with E-state index in [1.54, 1.807) is 16.8 Å². The molecular formula is C14H18N4O. The van der Waals surface area contributed by atoms with Crippen molar-refractivity contribution in [1.82, 2.24) is 19.3 Å². The van der Waals surface area contributed by atoms with Crippen LogP contribution in [0.3, 0.4) is 0 Å². The number of imidazole rings is 1. The monoisotopic (exact) mass is 258 g/mol. The summed E-state index contributed by atoms with van der Waals surface area (Å²) in [4.78, 5) is 23.0. The minimum absolute atomic E-state index is 0.0389. The van der Waals surface area contributed by atoms with E-state index >= 15 is 0 Å². The largest absolute Gasteiger partial charge is 0.334 e. The average Bonchev–Trinajstić information content (AvgIpc) is 2.90. The Hall–Kier alpha value is -1.91. The van der Waals surface area contributed by atoms with Gasteiger partial charge in [0.25, 0.3) is 5.91 Å². The molecule has 5 nitrogen and oxygen atoms in total. The molecule has 2 aromatic rings. The Balaban J connectivity index is 1.89. The van der Waals surface area contributed by atoms with Crippen molar-refractivity contribution in [2.45, 2.75) is 38.6 Å². The Bertz CT molecular complexity index is 559. The van der Waals surface area contributed by atoms with E-state index in [2.05, 4.69) is 16.9 Å². The molecule has 3 rings (SSSR count). The van der Waals surface area contributed by atoms with E-state index in [9.17, 15) is 4.79 Å². The summed E-state index contributed by atoms with van der Waals surface area (Å²) in [6.45, 7) is 2.99. The normalized spacial score (nSPS) is 19.8. The van der Waals surface area contributed by atoms with Crippen molar-refractivity contribution in [3.05, 3.63) is 30.4 Å². The zero-order valence-electron chi connectivity index (χ0n) is 11.1. The van der Waals surface area contributed by atoms with E-state index in [4.69, 9.17) is 0 Å². The number of aromatic nitrogens is 3. The third-order valence-corrected chi connectivity index (χ3v) is 3.81. The van der Waals surface area contributed by atoms with Gasteiger partial charge >= 0.3 is 0 Å². The van der Waals surface area contributed by atoms with Gasteiger partial charge < -0.3 is 4.90 Å². The number of hydrogen-bond acceptors (Lipinski definition) is 3. The van der Waals surface area contributed by atoms with Crippen LogP contribution in [-0.2, 0) is 0 Å². The van der Waals surface area contributed by atoms with E-state index in [0.29, 0.717) is 17.5 Å². The third kappa shape index (κ3) is 2.20. The van der Waals surface area contributed by atoms with Crippen LogP contribution in [0.2, 0.25) is 0 Å². The maximum atomic E-state index is 12.6. The zero-order chi connectivity index (χ0) is 13.2. The van der Waals surface area contributed by atoms with Gasteiger partial charge in [-0.25, -0.2) is 9.97 Å². The van der Waals surface area contributed by atoms with Gasteiger partial charge in [-0.1, -0.05) is 6.92 Å². The van der Waals surface area contributed by atoms with Gasteiger partial charge in [0.2, 0.25) is 5.78 Å². The molecule has 5 heteroatoms. The molecule has 19 heavy (non-hydrogen) atoms. The first-order valence-electron chi connectivity index (χ1n) is 6.90. The molecule has 0 N–H and O–H groups in total. The maximum absolute atomic E-state index is 12.6. The number of fused-ring (bicyclic) bond motifs is 1. The summed E-state index contributed by atoms with van der Waals surface area (Å²) in [5.74, 6) is 0.618. The quantitative estimate of drug-likeness (QED) is 0.829. The first kappa shape index (κ1) is 12.1. The Morgan fingerprint density at radius 3 is 3.16 bits per heavy atom. The van der Waals surface area contributed by atoms with Crippen molar-refractivity contribution in [3.63, 3.8) is 0 Å². The fourth-order valence-corrected chi connectivity index (χ4v) is 2.77. The minimum Gasteiger partial charge on any atom is -0.334 e. The van der Waals surface area contributed by atoms with Gasteiger partial charge in [0.05, 0.1) is 0 Å². The molecule has 0 radical (unpaired) electrons. The van der Waals surface area contributed by atoms with Crippen molar-refractivity contribution in [2.75, 3.05) is 6.54 Å². The van der Waals surface area contributed by atoms with Crippen LogP contribution in [0.1, 0.15) is 43.1 Å². The van der Waals surface area contributed by atoms with Crippen molar-refractivity contribution < 1.29 is 4.79 Å². The first-order chi connectivity index (χ1) is 9.29. The highest BCUT2D eigenvalue weighted by Crippen LogP contribution is 2.21. The van der Waals surface area contributed by atoms with Crippen molar-refractivity contribution >= 4 is 11.7 Å². The van der Waals surface area contributed by atoms with Gasteiger partial charge in [-0.3, -0.25) is 9.20 Å². The number of carbonyl (C=O) groups excluding carboxylic acids is 1. The van der Waals surface area contributed by atoms with Gasteiger partial charge in [-0.2, -0.15) is 0 Å². The van der Waals surface area contributed by atoms with Gasteiger partial charge in [-0.05, 0) is 31.7 Å². The summed E-state index contributed by atoms with van der Waals surface area (Å²) in [6.07, 6.45) is 9.74. The summed E-state index contributed by atoms with van der Waals surface area (Å²) in [7, 11) is 0. The lowest BCUT2D eigenvalue weighted by Gasteiger charge is -2.34. The predicted molar refractivity (Wildman–Crippen MR) is 72.0 cm³/mol. The van der Waals surface area contributed by atoms with Crippen LogP contribution >= 0.6 is 0 Å². The topological polar surface area (TPSA) is 50.5 Å². The Labute approximate surface area is 112 Å². The van der Waals surface area contributed by atoms with E-state index < -0.39 is 0 Å². The van der Waals surface area contributed by atoms with Gasteiger partial charge in [0, 0.05) is 31.2 Å². The second-order valence-electron chi connectivity index (χ2n) is 5.01. The lowest BCUT2D eigenvalue weighted by atomic mass is 10.00. The number of carbonyl (C=O) groups is 1. The molecule has 0 unspecified atom stereocenters. The van der Waals surface area contributed by atoms with Crippen LogP contribution in [0.15, 0.2) is 24.7 Å². The van der Waals surface area contributed by atoms with Crippen molar-refractivity contribution in [3.8, 4) is 0 Å². The molecule has 0 saturated carbocycles. The molecule has 1 aliphatic heterocycles. The Morgan fingerprint density at radius 1 is 1.47 bits per heavy atom. The molecule has 0 spiro atoms. The average molecular weight is 258 g/mol. The van der Waals surface area contributed by atoms with Crippen LogP contribution in [0.25, 0.3) is 5.78 Å². The molecule has 1 amide bonds. The van der Waals surface area contributed by atoms with Crippen molar-refractivity contribution in [2.24, 2.45) is 0 Å².